The van der Waals surface area contributed by atoms with Crippen molar-refractivity contribution in [2.24, 2.45) is 5.73 Å². The molecule has 7 nitrogen and oxygen atoms in total. The third-order valence-corrected chi connectivity index (χ3v) is 4.94. The maximum atomic E-state index is 13.4. The number of para-hydroxylation sites is 1. The van der Waals surface area contributed by atoms with E-state index in [-0.39, 0.29) is 34.7 Å². The third kappa shape index (κ3) is 5.46. The number of hydrogen-bond acceptors (Lipinski definition) is 7. The van der Waals surface area contributed by atoms with E-state index in [4.69, 9.17) is 15.2 Å². The number of alkyl halides is 3. The average Bonchev–Trinajstić information content (AvgIpc) is 2.84. The van der Waals surface area contributed by atoms with E-state index in [2.05, 4.69) is 10.6 Å². The van der Waals surface area contributed by atoms with Crippen LogP contribution in [0, 0.1) is 0 Å². The minimum Gasteiger partial charge on any atom is -0.465 e. The van der Waals surface area contributed by atoms with Crippen LogP contribution < -0.4 is 16.4 Å². The SMILES string of the molecule is COC(=O)c1ccccc1Nc1cc(C(F)(F)F)ccc1Nc1ccc(CN)cc1C(=O)OC. The third-order valence-electron chi connectivity index (χ3n) is 4.94. The molecule has 4 N–H and O–H groups in total. The van der Waals surface area contributed by atoms with Gasteiger partial charge in [0.2, 0.25) is 0 Å². The highest BCUT2D eigenvalue weighted by atomic mass is 19.4. The lowest BCUT2D eigenvalue weighted by Crippen LogP contribution is -2.11. The average molecular weight is 473 g/mol. The van der Waals surface area contributed by atoms with Crippen LogP contribution in [0.5, 0.6) is 0 Å². The highest BCUT2D eigenvalue weighted by Crippen LogP contribution is 2.37. The Balaban J connectivity index is 2.10. The van der Waals surface area contributed by atoms with Crippen LogP contribution >= 0.6 is 0 Å². The predicted molar refractivity (Wildman–Crippen MR) is 121 cm³/mol. The van der Waals surface area contributed by atoms with Crippen LogP contribution in [-0.2, 0) is 22.2 Å². The molecule has 178 valence electrons. The van der Waals surface area contributed by atoms with Gasteiger partial charge in [-0.25, -0.2) is 9.59 Å². The Labute approximate surface area is 193 Å². The standard InChI is InChI=1S/C24H22F3N3O4/c1-33-22(31)16-5-3-4-6-18(16)30-21-12-15(24(25,26)27)8-10-20(21)29-19-9-7-14(13-28)11-17(19)23(32)34-2/h3-12,29-30H,13,28H2,1-2H3. The first-order valence-electron chi connectivity index (χ1n) is 10.0. The highest BCUT2D eigenvalue weighted by molar-refractivity contribution is 5.99. The maximum Gasteiger partial charge on any atom is 0.416 e. The lowest BCUT2D eigenvalue weighted by Gasteiger charge is -2.19. The van der Waals surface area contributed by atoms with E-state index in [0.29, 0.717) is 11.3 Å². The smallest absolute Gasteiger partial charge is 0.416 e. The maximum absolute atomic E-state index is 13.4. The molecule has 0 aliphatic heterocycles. The van der Waals surface area contributed by atoms with Crippen molar-refractivity contribution in [1.82, 2.24) is 0 Å². The van der Waals surface area contributed by atoms with Crippen LogP contribution in [0.3, 0.4) is 0 Å². The summed E-state index contributed by atoms with van der Waals surface area (Å²) in [5.41, 5.74) is 6.49. The second-order valence-corrected chi connectivity index (χ2v) is 7.12. The van der Waals surface area contributed by atoms with E-state index in [1.807, 2.05) is 0 Å². The van der Waals surface area contributed by atoms with Gasteiger partial charge in [-0.2, -0.15) is 13.2 Å². The Morgan fingerprint density at radius 2 is 1.38 bits per heavy atom. The van der Waals surface area contributed by atoms with Crippen molar-refractivity contribution in [3.8, 4) is 0 Å². The Kier molecular flexibility index (Phi) is 7.42. The number of rotatable bonds is 7. The fourth-order valence-corrected chi connectivity index (χ4v) is 3.21. The molecular formula is C24H22F3N3O4. The lowest BCUT2D eigenvalue weighted by atomic mass is 10.1. The Morgan fingerprint density at radius 3 is 2.03 bits per heavy atom. The summed E-state index contributed by atoms with van der Waals surface area (Å²) in [6.45, 7) is 0.182. The summed E-state index contributed by atoms with van der Waals surface area (Å²) < 4.78 is 49.9. The molecule has 0 radical (unpaired) electrons. The number of carbonyl (C=O) groups is 2. The van der Waals surface area contributed by atoms with Crippen LogP contribution in [0.4, 0.5) is 35.9 Å². The summed E-state index contributed by atoms with van der Waals surface area (Å²) in [4.78, 5) is 24.4. The molecule has 0 saturated carbocycles. The minimum atomic E-state index is -4.60. The van der Waals surface area contributed by atoms with Gasteiger partial charge in [0, 0.05) is 6.54 Å². The molecule has 0 atom stereocenters. The fraction of sp³-hybridized carbons (Fsp3) is 0.167. The largest absolute Gasteiger partial charge is 0.465 e. The van der Waals surface area contributed by atoms with E-state index >= 15 is 0 Å². The second kappa shape index (κ2) is 10.3. The van der Waals surface area contributed by atoms with E-state index in [0.717, 1.165) is 12.1 Å². The van der Waals surface area contributed by atoms with Crippen molar-refractivity contribution in [2.45, 2.75) is 12.7 Å². The molecule has 3 rings (SSSR count). The molecular weight excluding hydrogens is 451 g/mol. The predicted octanol–water partition coefficient (Wildman–Crippen LogP) is 5.22. The molecule has 0 aromatic heterocycles. The first kappa shape index (κ1) is 24.6. The van der Waals surface area contributed by atoms with Crippen LogP contribution in [0.15, 0.2) is 60.7 Å². The van der Waals surface area contributed by atoms with Crippen molar-refractivity contribution in [2.75, 3.05) is 24.9 Å². The molecule has 3 aromatic rings. The Bertz CT molecular complexity index is 1210. The van der Waals surface area contributed by atoms with E-state index < -0.39 is 23.7 Å². The van der Waals surface area contributed by atoms with Crippen molar-refractivity contribution < 1.29 is 32.2 Å². The van der Waals surface area contributed by atoms with Crippen molar-refractivity contribution in [3.05, 3.63) is 82.9 Å². The Hall–Kier alpha value is -4.05. The normalized spacial score (nSPS) is 11.0. The zero-order chi connectivity index (χ0) is 24.9. The number of halogens is 3. The second-order valence-electron chi connectivity index (χ2n) is 7.12. The molecule has 10 heteroatoms. The van der Waals surface area contributed by atoms with Gasteiger partial charge in [0.1, 0.15) is 0 Å². The van der Waals surface area contributed by atoms with Crippen LogP contribution in [-0.4, -0.2) is 26.2 Å². The molecule has 0 heterocycles. The van der Waals surface area contributed by atoms with Crippen molar-refractivity contribution in [3.63, 3.8) is 0 Å². The molecule has 0 spiro atoms. The summed E-state index contributed by atoms with van der Waals surface area (Å²) in [6.07, 6.45) is -4.60. The van der Waals surface area contributed by atoms with Gasteiger partial charge in [-0.1, -0.05) is 18.2 Å². The quantitative estimate of drug-likeness (QED) is 0.404. The van der Waals surface area contributed by atoms with E-state index in [1.165, 1.54) is 38.5 Å². The van der Waals surface area contributed by atoms with Gasteiger partial charge < -0.3 is 25.8 Å². The first-order valence-corrected chi connectivity index (χ1v) is 10.0. The molecule has 0 fully saturated rings. The number of carbonyl (C=O) groups excluding carboxylic acids is 2. The van der Waals surface area contributed by atoms with Gasteiger partial charge in [-0.3, -0.25) is 0 Å². The summed E-state index contributed by atoms with van der Waals surface area (Å²) >= 11 is 0. The molecule has 3 aromatic carbocycles. The van der Waals surface area contributed by atoms with Gasteiger partial charge in [0.05, 0.1) is 53.7 Å². The topological polar surface area (TPSA) is 103 Å². The zero-order valence-electron chi connectivity index (χ0n) is 18.3. The Morgan fingerprint density at radius 1 is 0.794 bits per heavy atom. The number of esters is 2. The highest BCUT2D eigenvalue weighted by Gasteiger charge is 2.31. The van der Waals surface area contributed by atoms with Crippen molar-refractivity contribution in [1.29, 1.82) is 0 Å². The molecule has 0 amide bonds. The van der Waals surface area contributed by atoms with Gasteiger partial charge in [-0.15, -0.1) is 0 Å². The molecule has 34 heavy (non-hydrogen) atoms. The van der Waals surface area contributed by atoms with E-state index in [9.17, 15) is 22.8 Å². The first-order chi connectivity index (χ1) is 16.2. The molecule has 0 aliphatic carbocycles. The molecule has 0 saturated heterocycles. The van der Waals surface area contributed by atoms with Gasteiger partial charge >= 0.3 is 18.1 Å². The number of benzene rings is 3. The monoisotopic (exact) mass is 473 g/mol. The summed E-state index contributed by atoms with van der Waals surface area (Å²) in [5.74, 6) is -1.30. The number of hydrogen-bond donors (Lipinski definition) is 3. The number of nitrogens with two attached hydrogens (primary N) is 1. The summed E-state index contributed by atoms with van der Waals surface area (Å²) in [5, 5.41) is 5.86. The molecule has 0 unspecified atom stereocenters. The van der Waals surface area contributed by atoms with Gasteiger partial charge in [-0.05, 0) is 48.0 Å². The van der Waals surface area contributed by atoms with Gasteiger partial charge in [0.25, 0.3) is 0 Å². The van der Waals surface area contributed by atoms with Crippen LogP contribution in [0.25, 0.3) is 0 Å². The van der Waals surface area contributed by atoms with Gasteiger partial charge in [0.15, 0.2) is 0 Å². The summed E-state index contributed by atoms with van der Waals surface area (Å²) in [7, 11) is 2.42. The fourth-order valence-electron chi connectivity index (χ4n) is 3.21. The number of nitrogens with one attached hydrogen (secondary N) is 2. The van der Waals surface area contributed by atoms with Crippen molar-refractivity contribution >= 4 is 34.7 Å². The lowest BCUT2D eigenvalue weighted by molar-refractivity contribution is -0.137. The summed E-state index contributed by atoms with van der Waals surface area (Å²) in [6, 6.07) is 14.1. The van der Waals surface area contributed by atoms with E-state index in [1.54, 1.807) is 24.3 Å². The molecule has 0 bridgehead atoms. The van der Waals surface area contributed by atoms with Crippen LogP contribution in [0.1, 0.15) is 31.8 Å². The number of methoxy groups -OCH3 is 2. The molecule has 0 aliphatic rings. The van der Waals surface area contributed by atoms with Crippen LogP contribution in [0.2, 0.25) is 0 Å². The number of anilines is 4. The number of ether oxygens (including phenoxy) is 2. The minimum absolute atomic E-state index is 0.0184. The zero-order valence-corrected chi connectivity index (χ0v) is 18.3.